The summed E-state index contributed by atoms with van der Waals surface area (Å²) in [4.78, 5) is 4.68. The molecule has 0 saturated heterocycles. The molecule has 1 aromatic heterocycles. The Kier molecular flexibility index (Phi) is 5.85. The summed E-state index contributed by atoms with van der Waals surface area (Å²) in [5, 5.41) is 11.1. The molecule has 0 unspecified atom stereocenters. The lowest BCUT2D eigenvalue weighted by Crippen LogP contribution is -2.18. The van der Waals surface area contributed by atoms with Crippen LogP contribution in [0.25, 0.3) is 11.3 Å². The highest BCUT2D eigenvalue weighted by atomic mass is 32.1. The van der Waals surface area contributed by atoms with Gasteiger partial charge in [0.25, 0.3) is 0 Å². The number of hydrogen-bond donors (Lipinski definition) is 1. The highest BCUT2D eigenvalue weighted by molar-refractivity contribution is 7.07. The molecule has 0 atom stereocenters. The predicted octanol–water partition coefficient (Wildman–Crippen LogP) is 4.61. The topological polar surface area (TPSA) is 46.8 Å². The average Bonchev–Trinajstić information content (AvgIpc) is 3.04. The van der Waals surface area contributed by atoms with Gasteiger partial charge in [0, 0.05) is 17.5 Å². The molecule has 0 bridgehead atoms. The zero-order valence-corrected chi connectivity index (χ0v) is 15.5. The predicted molar refractivity (Wildman–Crippen MR) is 98.0 cm³/mol. The molecular weight excluding hydrogens is 396 g/mol. The van der Waals surface area contributed by atoms with Crippen LogP contribution in [0.3, 0.4) is 0 Å². The minimum Gasteiger partial charge on any atom is -0.494 e. The highest BCUT2D eigenvalue weighted by Gasteiger charge is 2.30. The van der Waals surface area contributed by atoms with Crippen LogP contribution in [0.2, 0.25) is 0 Å². The summed E-state index contributed by atoms with van der Waals surface area (Å²) in [5.74, 6) is -0.445. The van der Waals surface area contributed by atoms with Gasteiger partial charge in [0.1, 0.15) is 0 Å². The van der Waals surface area contributed by atoms with E-state index in [9.17, 15) is 22.7 Å². The quantitative estimate of drug-likeness (QED) is 0.623. The van der Waals surface area contributed by atoms with E-state index in [0.717, 1.165) is 12.1 Å². The number of rotatable bonds is 5. The Morgan fingerprint density at radius 3 is 2.61 bits per heavy atom. The van der Waals surface area contributed by atoms with Crippen molar-refractivity contribution in [3.63, 3.8) is 0 Å². The van der Waals surface area contributed by atoms with Crippen molar-refractivity contribution in [3.8, 4) is 17.0 Å². The molecule has 0 spiro atoms. The molecule has 2 aromatic carbocycles. The number of ether oxygens (including phenoxy) is 1. The first-order valence-corrected chi connectivity index (χ1v) is 9.06. The maximum atomic E-state index is 14.1. The SMILES string of the molecule is COc1ccc(-c2csc(=Nc3cccc(C(F)(F)F)c3)n2CCO)cc1F. The van der Waals surface area contributed by atoms with Gasteiger partial charge in [-0.05, 0) is 36.4 Å². The summed E-state index contributed by atoms with van der Waals surface area (Å²) in [6, 6.07) is 9.11. The van der Waals surface area contributed by atoms with Crippen LogP contribution in [0.5, 0.6) is 5.75 Å². The van der Waals surface area contributed by atoms with Crippen molar-refractivity contribution in [2.24, 2.45) is 4.99 Å². The van der Waals surface area contributed by atoms with E-state index in [4.69, 9.17) is 4.74 Å². The lowest BCUT2D eigenvalue weighted by atomic mass is 10.1. The van der Waals surface area contributed by atoms with E-state index in [-0.39, 0.29) is 24.6 Å². The third kappa shape index (κ3) is 4.26. The second-order valence-corrected chi connectivity index (χ2v) is 6.62. The van der Waals surface area contributed by atoms with E-state index in [1.54, 1.807) is 16.0 Å². The zero-order chi connectivity index (χ0) is 20.3. The van der Waals surface area contributed by atoms with Crippen LogP contribution in [-0.2, 0) is 12.7 Å². The second-order valence-electron chi connectivity index (χ2n) is 5.79. The van der Waals surface area contributed by atoms with Gasteiger partial charge in [0.2, 0.25) is 0 Å². The number of benzene rings is 2. The Balaban J connectivity index is 2.09. The normalized spacial score (nSPS) is 12.4. The van der Waals surface area contributed by atoms with Crippen molar-refractivity contribution in [3.05, 3.63) is 64.0 Å². The molecule has 0 aliphatic carbocycles. The summed E-state index contributed by atoms with van der Waals surface area (Å²) in [7, 11) is 1.36. The fourth-order valence-electron chi connectivity index (χ4n) is 2.65. The number of aromatic nitrogens is 1. The Bertz CT molecular complexity index is 1040. The first kappa shape index (κ1) is 20.1. The molecule has 0 aliphatic rings. The lowest BCUT2D eigenvalue weighted by molar-refractivity contribution is -0.137. The van der Waals surface area contributed by atoms with Crippen molar-refractivity contribution in [2.75, 3.05) is 13.7 Å². The van der Waals surface area contributed by atoms with Gasteiger partial charge in [-0.25, -0.2) is 9.38 Å². The van der Waals surface area contributed by atoms with E-state index < -0.39 is 17.6 Å². The summed E-state index contributed by atoms with van der Waals surface area (Å²) in [6.07, 6.45) is -4.46. The molecule has 3 aromatic rings. The molecule has 0 aliphatic heterocycles. The largest absolute Gasteiger partial charge is 0.494 e. The number of alkyl halides is 3. The Morgan fingerprint density at radius 1 is 1.18 bits per heavy atom. The number of aliphatic hydroxyl groups excluding tert-OH is 1. The van der Waals surface area contributed by atoms with Gasteiger partial charge in [-0.15, -0.1) is 11.3 Å². The fourth-order valence-corrected chi connectivity index (χ4v) is 3.61. The molecule has 0 saturated carbocycles. The van der Waals surface area contributed by atoms with Gasteiger partial charge < -0.3 is 14.4 Å². The monoisotopic (exact) mass is 412 g/mol. The van der Waals surface area contributed by atoms with Crippen molar-refractivity contribution in [1.29, 1.82) is 0 Å². The van der Waals surface area contributed by atoms with E-state index in [0.29, 0.717) is 16.1 Å². The van der Waals surface area contributed by atoms with Crippen LogP contribution in [0.4, 0.5) is 23.2 Å². The van der Waals surface area contributed by atoms with E-state index in [1.807, 2.05) is 0 Å². The van der Waals surface area contributed by atoms with Crippen LogP contribution in [0, 0.1) is 5.82 Å². The van der Waals surface area contributed by atoms with Crippen LogP contribution in [-0.4, -0.2) is 23.4 Å². The average molecular weight is 412 g/mol. The first-order chi connectivity index (χ1) is 13.3. The molecule has 4 nitrogen and oxygen atoms in total. The highest BCUT2D eigenvalue weighted by Crippen LogP contribution is 2.31. The van der Waals surface area contributed by atoms with Gasteiger partial charge in [0.15, 0.2) is 16.4 Å². The summed E-state index contributed by atoms with van der Waals surface area (Å²) in [5.41, 5.74) is 0.465. The van der Waals surface area contributed by atoms with E-state index in [2.05, 4.69) is 4.99 Å². The van der Waals surface area contributed by atoms with E-state index in [1.165, 1.54) is 42.7 Å². The lowest BCUT2D eigenvalue weighted by Gasteiger charge is -2.09. The van der Waals surface area contributed by atoms with Gasteiger partial charge in [0.05, 0.1) is 30.7 Å². The molecule has 9 heteroatoms. The van der Waals surface area contributed by atoms with Crippen molar-refractivity contribution in [1.82, 2.24) is 4.57 Å². The summed E-state index contributed by atoms with van der Waals surface area (Å²) in [6.45, 7) is -0.0532. The van der Waals surface area contributed by atoms with Crippen molar-refractivity contribution >= 4 is 17.0 Å². The molecule has 1 heterocycles. The van der Waals surface area contributed by atoms with Gasteiger partial charge in [-0.3, -0.25) is 0 Å². The summed E-state index contributed by atoms with van der Waals surface area (Å²) < 4.78 is 59.3. The van der Waals surface area contributed by atoms with E-state index >= 15 is 0 Å². The third-order valence-corrected chi connectivity index (χ3v) is 4.83. The molecule has 28 heavy (non-hydrogen) atoms. The number of nitrogens with zero attached hydrogens (tertiary/aromatic N) is 2. The van der Waals surface area contributed by atoms with Gasteiger partial charge in [-0.2, -0.15) is 13.2 Å². The third-order valence-electron chi connectivity index (χ3n) is 3.97. The van der Waals surface area contributed by atoms with Crippen molar-refractivity contribution in [2.45, 2.75) is 12.7 Å². The number of methoxy groups -OCH3 is 1. The molecular formula is C19H16F4N2O2S. The second kappa shape index (κ2) is 8.15. The molecule has 3 rings (SSSR count). The number of halogens is 4. The molecule has 0 radical (unpaired) electrons. The number of thiazole rings is 1. The van der Waals surface area contributed by atoms with Crippen LogP contribution < -0.4 is 9.54 Å². The standard InChI is InChI=1S/C19H16F4N2O2S/c1-27-17-6-5-12(9-15(17)20)16-11-28-18(25(16)7-8-26)24-14-4-2-3-13(10-14)19(21,22)23/h2-6,9-11,26H,7-8H2,1H3. The Morgan fingerprint density at radius 2 is 1.96 bits per heavy atom. The Labute approximate surface area is 162 Å². The van der Waals surface area contributed by atoms with Gasteiger partial charge >= 0.3 is 6.18 Å². The maximum absolute atomic E-state index is 14.1. The van der Waals surface area contributed by atoms with Crippen LogP contribution in [0.1, 0.15) is 5.56 Å². The molecule has 1 N–H and O–H groups in total. The first-order valence-electron chi connectivity index (χ1n) is 8.18. The molecule has 0 amide bonds. The number of hydrogen-bond acceptors (Lipinski definition) is 4. The molecule has 0 fully saturated rings. The minimum atomic E-state index is -4.46. The smallest absolute Gasteiger partial charge is 0.416 e. The molecule has 148 valence electrons. The zero-order valence-electron chi connectivity index (χ0n) is 14.7. The summed E-state index contributed by atoms with van der Waals surface area (Å²) >= 11 is 1.19. The fraction of sp³-hybridized carbons (Fsp3) is 0.211. The number of aliphatic hydroxyl groups is 1. The Hall–Kier alpha value is -2.65. The van der Waals surface area contributed by atoms with Gasteiger partial charge in [-0.1, -0.05) is 6.07 Å². The van der Waals surface area contributed by atoms with Crippen LogP contribution in [0.15, 0.2) is 52.8 Å². The van der Waals surface area contributed by atoms with Crippen molar-refractivity contribution < 1.29 is 27.4 Å². The van der Waals surface area contributed by atoms with Crippen LogP contribution >= 0.6 is 11.3 Å². The maximum Gasteiger partial charge on any atom is 0.416 e. The minimum absolute atomic E-state index is 0.0987.